The molecule has 0 radical (unpaired) electrons. The molecule has 1 saturated heterocycles. The molecule has 2 amide bonds. The predicted octanol–water partition coefficient (Wildman–Crippen LogP) is 3.68. The van der Waals surface area contributed by atoms with Gasteiger partial charge in [-0.3, -0.25) is 14.6 Å². The standard InChI is InChI=1S/C30H32N6O3/c31-20-23-6-1-2-7-24(23)29(38)36-17-11-30(12-18-36)10-5-16-35(27-21-32-13-14-33-27)19-15-34-28(37)25-8-3-4-9-26(25)39-22-30/h1-4,6-9,13-14,21H,5,10-12,15-19,22H2,(H,34,37). The van der Waals surface area contributed by atoms with Crippen molar-refractivity contribution in [1.29, 1.82) is 5.26 Å². The second kappa shape index (κ2) is 11.9. The smallest absolute Gasteiger partial charge is 0.255 e. The molecule has 0 aliphatic carbocycles. The highest BCUT2D eigenvalue weighted by atomic mass is 16.5. The van der Waals surface area contributed by atoms with Gasteiger partial charge in [0.15, 0.2) is 0 Å². The van der Waals surface area contributed by atoms with Crippen LogP contribution in [-0.4, -0.2) is 66.0 Å². The molecule has 0 atom stereocenters. The number of hydrogen-bond acceptors (Lipinski definition) is 7. The SMILES string of the molecule is N#Cc1ccccc1C(=O)N1CCC2(CCCN(c3cnccn3)CCNC(=O)c3ccccc3OC2)CC1. The molecule has 0 saturated carbocycles. The van der Waals surface area contributed by atoms with E-state index < -0.39 is 0 Å². The van der Waals surface area contributed by atoms with E-state index in [1.54, 1.807) is 48.9 Å². The molecule has 1 fully saturated rings. The minimum absolute atomic E-state index is 0.108. The van der Waals surface area contributed by atoms with Crippen molar-refractivity contribution in [2.45, 2.75) is 25.7 Å². The quantitative estimate of drug-likeness (QED) is 0.544. The number of nitrogens with zero attached hydrogens (tertiary/aromatic N) is 5. The number of fused-ring (bicyclic) bond motifs is 1. The third kappa shape index (κ3) is 6.01. The van der Waals surface area contributed by atoms with E-state index in [2.05, 4.69) is 26.3 Å². The predicted molar refractivity (Wildman–Crippen MR) is 146 cm³/mol. The third-order valence-corrected chi connectivity index (χ3v) is 7.73. The van der Waals surface area contributed by atoms with Crippen molar-refractivity contribution < 1.29 is 14.3 Å². The zero-order valence-electron chi connectivity index (χ0n) is 21.9. The number of nitriles is 1. The Morgan fingerprint density at radius 3 is 2.59 bits per heavy atom. The fourth-order valence-electron chi connectivity index (χ4n) is 5.44. The summed E-state index contributed by atoms with van der Waals surface area (Å²) in [5.74, 6) is 1.07. The molecule has 2 aliphatic heterocycles. The van der Waals surface area contributed by atoms with Crippen LogP contribution in [0.15, 0.2) is 67.1 Å². The van der Waals surface area contributed by atoms with Crippen LogP contribution in [-0.2, 0) is 0 Å². The number of carbonyl (C=O) groups excluding carboxylic acids is 2. The average molecular weight is 525 g/mol. The van der Waals surface area contributed by atoms with Crippen LogP contribution in [0.1, 0.15) is 52.0 Å². The Bertz CT molecular complexity index is 1350. The van der Waals surface area contributed by atoms with Gasteiger partial charge in [0, 0.05) is 50.5 Å². The summed E-state index contributed by atoms with van der Waals surface area (Å²) >= 11 is 0. The molecule has 3 heterocycles. The van der Waals surface area contributed by atoms with Gasteiger partial charge in [-0.05, 0) is 49.9 Å². The maximum atomic E-state index is 13.3. The summed E-state index contributed by atoms with van der Waals surface area (Å²) in [5, 5.41) is 12.5. The lowest BCUT2D eigenvalue weighted by atomic mass is 9.75. The highest BCUT2D eigenvalue weighted by Gasteiger charge is 2.37. The molecule has 200 valence electrons. The molecular weight excluding hydrogens is 492 g/mol. The Morgan fingerprint density at radius 1 is 1.00 bits per heavy atom. The molecule has 1 aromatic heterocycles. The number of hydrogen-bond donors (Lipinski definition) is 1. The van der Waals surface area contributed by atoms with E-state index in [0.29, 0.717) is 55.2 Å². The first-order valence-electron chi connectivity index (χ1n) is 13.4. The lowest BCUT2D eigenvalue weighted by Gasteiger charge is -2.42. The van der Waals surface area contributed by atoms with Crippen molar-refractivity contribution in [3.63, 3.8) is 0 Å². The second-order valence-electron chi connectivity index (χ2n) is 10.1. The first-order chi connectivity index (χ1) is 19.1. The van der Waals surface area contributed by atoms with Crippen LogP contribution >= 0.6 is 0 Å². The first-order valence-corrected chi connectivity index (χ1v) is 13.4. The van der Waals surface area contributed by atoms with E-state index in [4.69, 9.17) is 4.74 Å². The first kappa shape index (κ1) is 26.2. The molecule has 0 unspecified atom stereocenters. The van der Waals surface area contributed by atoms with Gasteiger partial charge in [-0.2, -0.15) is 5.26 Å². The molecule has 5 rings (SSSR count). The van der Waals surface area contributed by atoms with Crippen LogP contribution < -0.4 is 15.0 Å². The summed E-state index contributed by atoms with van der Waals surface area (Å²) in [5.41, 5.74) is 1.20. The fourth-order valence-corrected chi connectivity index (χ4v) is 5.44. The number of likely N-dealkylation sites (tertiary alicyclic amines) is 1. The zero-order valence-corrected chi connectivity index (χ0v) is 21.9. The maximum Gasteiger partial charge on any atom is 0.255 e. The van der Waals surface area contributed by atoms with E-state index in [1.807, 2.05) is 23.1 Å². The monoisotopic (exact) mass is 524 g/mol. The maximum absolute atomic E-state index is 13.3. The van der Waals surface area contributed by atoms with Crippen LogP contribution in [0.25, 0.3) is 0 Å². The second-order valence-corrected chi connectivity index (χ2v) is 10.1. The van der Waals surface area contributed by atoms with Gasteiger partial charge in [0.25, 0.3) is 11.8 Å². The van der Waals surface area contributed by atoms with Crippen LogP contribution in [0.3, 0.4) is 0 Å². The number of anilines is 1. The molecule has 1 spiro atoms. The van der Waals surface area contributed by atoms with Crippen molar-refractivity contribution in [3.8, 4) is 11.8 Å². The Hall–Kier alpha value is -4.45. The molecule has 0 bridgehead atoms. The lowest BCUT2D eigenvalue weighted by molar-refractivity contribution is 0.0365. The van der Waals surface area contributed by atoms with Gasteiger partial charge in [-0.15, -0.1) is 0 Å². The minimum Gasteiger partial charge on any atom is -0.492 e. The molecule has 39 heavy (non-hydrogen) atoms. The van der Waals surface area contributed by atoms with Crippen LogP contribution in [0.2, 0.25) is 0 Å². The van der Waals surface area contributed by atoms with Crippen molar-refractivity contribution in [2.24, 2.45) is 5.41 Å². The Balaban J connectivity index is 1.36. The van der Waals surface area contributed by atoms with Crippen molar-refractivity contribution >= 4 is 17.6 Å². The van der Waals surface area contributed by atoms with Gasteiger partial charge >= 0.3 is 0 Å². The van der Waals surface area contributed by atoms with Gasteiger partial charge in [-0.1, -0.05) is 24.3 Å². The van der Waals surface area contributed by atoms with E-state index in [-0.39, 0.29) is 17.2 Å². The Labute approximate surface area is 228 Å². The fraction of sp³-hybridized carbons (Fsp3) is 0.367. The number of nitrogens with one attached hydrogen (secondary N) is 1. The van der Waals surface area contributed by atoms with Gasteiger partial charge in [0.05, 0.1) is 35.6 Å². The number of ether oxygens (including phenoxy) is 1. The van der Waals surface area contributed by atoms with Crippen molar-refractivity contribution in [2.75, 3.05) is 44.2 Å². The van der Waals surface area contributed by atoms with Crippen LogP contribution in [0, 0.1) is 16.7 Å². The highest BCUT2D eigenvalue weighted by molar-refractivity contribution is 5.97. The summed E-state index contributed by atoms with van der Waals surface area (Å²) in [7, 11) is 0. The number of amides is 2. The normalized spacial score (nSPS) is 17.9. The molecular formula is C30H32N6O3. The average Bonchev–Trinajstić information content (AvgIpc) is 3.00. The van der Waals surface area contributed by atoms with E-state index in [1.165, 1.54) is 0 Å². The number of para-hydroxylation sites is 1. The number of piperidine rings is 1. The van der Waals surface area contributed by atoms with Crippen molar-refractivity contribution in [3.05, 3.63) is 83.8 Å². The number of rotatable bonds is 2. The van der Waals surface area contributed by atoms with E-state index >= 15 is 0 Å². The minimum atomic E-state index is -0.172. The summed E-state index contributed by atoms with van der Waals surface area (Å²) in [6.07, 6.45) is 8.43. The number of benzene rings is 2. The zero-order chi connectivity index (χ0) is 27.1. The summed E-state index contributed by atoms with van der Waals surface area (Å²) in [6.45, 7) is 3.47. The summed E-state index contributed by atoms with van der Waals surface area (Å²) in [4.78, 5) is 39.0. The molecule has 3 aromatic rings. The summed E-state index contributed by atoms with van der Waals surface area (Å²) < 4.78 is 6.35. The largest absolute Gasteiger partial charge is 0.492 e. The van der Waals surface area contributed by atoms with Gasteiger partial charge in [0.1, 0.15) is 11.6 Å². The van der Waals surface area contributed by atoms with Crippen LogP contribution in [0.4, 0.5) is 5.82 Å². The third-order valence-electron chi connectivity index (χ3n) is 7.73. The van der Waals surface area contributed by atoms with Crippen LogP contribution in [0.5, 0.6) is 5.75 Å². The van der Waals surface area contributed by atoms with Crippen molar-refractivity contribution in [1.82, 2.24) is 20.2 Å². The highest BCUT2D eigenvalue weighted by Crippen LogP contribution is 2.38. The molecule has 2 aromatic carbocycles. The topological polar surface area (TPSA) is 111 Å². The van der Waals surface area contributed by atoms with Gasteiger partial charge in [-0.25, -0.2) is 4.98 Å². The molecule has 9 heteroatoms. The lowest BCUT2D eigenvalue weighted by Crippen LogP contribution is -2.46. The number of aromatic nitrogens is 2. The Kier molecular flexibility index (Phi) is 8.02. The van der Waals surface area contributed by atoms with E-state index in [0.717, 1.165) is 38.0 Å². The van der Waals surface area contributed by atoms with Gasteiger partial charge < -0.3 is 19.9 Å². The Morgan fingerprint density at radius 2 is 1.79 bits per heavy atom. The molecule has 1 N–H and O–H groups in total. The number of carbonyl (C=O) groups is 2. The van der Waals surface area contributed by atoms with Gasteiger partial charge in [0.2, 0.25) is 0 Å². The summed E-state index contributed by atoms with van der Waals surface area (Å²) in [6, 6.07) is 16.4. The molecule has 2 aliphatic rings. The van der Waals surface area contributed by atoms with E-state index in [9.17, 15) is 14.9 Å². The molecule has 9 nitrogen and oxygen atoms in total.